The number of rotatable bonds is 2. The molecule has 2 heterocycles. The molecule has 0 spiro atoms. The lowest BCUT2D eigenvalue weighted by atomic mass is 9.94. The van der Waals surface area contributed by atoms with E-state index in [-0.39, 0.29) is 11.6 Å². The van der Waals surface area contributed by atoms with Gasteiger partial charge in [-0.25, -0.2) is 0 Å². The number of nitrogens with zero attached hydrogens (tertiary/aromatic N) is 1. The summed E-state index contributed by atoms with van der Waals surface area (Å²) in [4.78, 5) is 0. The Labute approximate surface area is 123 Å². The third kappa shape index (κ3) is 1.87. The highest BCUT2D eigenvalue weighted by Gasteiger charge is 2.41. The van der Waals surface area contributed by atoms with Gasteiger partial charge >= 0.3 is 0 Å². The molecule has 1 unspecified atom stereocenters. The van der Waals surface area contributed by atoms with Gasteiger partial charge in [-0.2, -0.15) is 5.10 Å². The van der Waals surface area contributed by atoms with Crippen LogP contribution < -0.4 is 10.1 Å². The average molecular weight is 279 g/mol. The van der Waals surface area contributed by atoms with E-state index in [1.54, 1.807) is 0 Å². The van der Waals surface area contributed by atoms with Crippen molar-refractivity contribution in [3.63, 3.8) is 0 Å². The maximum absolute atomic E-state index is 6.08. The quantitative estimate of drug-likeness (QED) is 0.748. The summed E-state index contributed by atoms with van der Waals surface area (Å²) in [6, 6.07) is 14.5. The van der Waals surface area contributed by atoms with E-state index in [0.29, 0.717) is 0 Å². The number of aromatic nitrogens is 2. The maximum Gasteiger partial charge on any atom is 0.128 e. The molecule has 0 fully saturated rings. The molecule has 0 bridgehead atoms. The van der Waals surface area contributed by atoms with Crippen LogP contribution >= 0.6 is 0 Å². The Morgan fingerprint density at radius 3 is 2.90 bits per heavy atom. The van der Waals surface area contributed by atoms with Crippen LogP contribution in [-0.4, -0.2) is 15.8 Å². The van der Waals surface area contributed by atoms with E-state index < -0.39 is 0 Å². The molecule has 1 atom stereocenters. The second-order valence-corrected chi connectivity index (χ2v) is 5.96. The van der Waals surface area contributed by atoms with Crippen molar-refractivity contribution >= 4 is 16.6 Å². The summed E-state index contributed by atoms with van der Waals surface area (Å²) in [6.07, 6.45) is 1.84. The van der Waals surface area contributed by atoms with Crippen molar-refractivity contribution in [1.82, 2.24) is 10.2 Å². The zero-order valence-electron chi connectivity index (χ0n) is 12.1. The van der Waals surface area contributed by atoms with E-state index in [1.807, 2.05) is 30.5 Å². The number of para-hydroxylation sites is 2. The molecule has 106 valence electrons. The first-order valence-electron chi connectivity index (χ1n) is 7.12. The predicted octanol–water partition coefficient (Wildman–Crippen LogP) is 3.89. The van der Waals surface area contributed by atoms with Crippen molar-refractivity contribution in [2.45, 2.75) is 25.5 Å². The number of fused-ring (bicyclic) bond motifs is 2. The molecular formula is C17H17N3O. The molecule has 0 amide bonds. The smallest absolute Gasteiger partial charge is 0.128 e. The molecule has 1 aliphatic heterocycles. The van der Waals surface area contributed by atoms with E-state index in [9.17, 15) is 0 Å². The van der Waals surface area contributed by atoms with Crippen LogP contribution in [0.1, 0.15) is 25.5 Å². The fourth-order valence-electron chi connectivity index (χ4n) is 3.03. The molecular weight excluding hydrogens is 262 g/mol. The topological polar surface area (TPSA) is 49.9 Å². The normalized spacial score (nSPS) is 19.2. The summed E-state index contributed by atoms with van der Waals surface area (Å²) in [5.74, 6) is 0.955. The highest BCUT2D eigenvalue weighted by molar-refractivity contribution is 5.90. The fourth-order valence-corrected chi connectivity index (χ4v) is 3.03. The summed E-state index contributed by atoms with van der Waals surface area (Å²) >= 11 is 0. The number of hydrogen-bond acceptors (Lipinski definition) is 3. The summed E-state index contributed by atoms with van der Waals surface area (Å²) in [7, 11) is 0. The Hall–Kier alpha value is -2.49. The molecule has 0 aliphatic carbocycles. The van der Waals surface area contributed by atoms with E-state index in [4.69, 9.17) is 4.74 Å². The molecule has 1 aliphatic rings. The number of nitrogens with one attached hydrogen (secondary N) is 2. The van der Waals surface area contributed by atoms with E-state index >= 15 is 0 Å². The molecule has 0 radical (unpaired) electrons. The van der Waals surface area contributed by atoms with Crippen molar-refractivity contribution in [3.8, 4) is 5.75 Å². The van der Waals surface area contributed by atoms with Crippen molar-refractivity contribution in [2.75, 3.05) is 5.32 Å². The van der Waals surface area contributed by atoms with E-state index in [2.05, 4.69) is 47.6 Å². The largest absolute Gasteiger partial charge is 0.485 e. The molecule has 4 rings (SSSR count). The summed E-state index contributed by atoms with van der Waals surface area (Å²) in [5, 5.41) is 11.9. The SMILES string of the molecule is CC1(C)Oc2ccccc2C1Nc1cccc2cn[nH]c12. The van der Waals surface area contributed by atoms with Gasteiger partial charge in [0.25, 0.3) is 0 Å². The van der Waals surface area contributed by atoms with Gasteiger partial charge in [0.15, 0.2) is 0 Å². The Bertz CT molecular complexity index is 806. The number of aromatic amines is 1. The number of H-pyrrole nitrogens is 1. The zero-order chi connectivity index (χ0) is 14.4. The lowest BCUT2D eigenvalue weighted by Crippen LogP contribution is -2.34. The third-order valence-electron chi connectivity index (χ3n) is 4.07. The summed E-state index contributed by atoms with van der Waals surface area (Å²) < 4.78 is 6.08. The molecule has 0 saturated heterocycles. The second kappa shape index (κ2) is 4.25. The van der Waals surface area contributed by atoms with Crippen LogP contribution in [-0.2, 0) is 0 Å². The van der Waals surface area contributed by atoms with Gasteiger partial charge in [-0.1, -0.05) is 30.3 Å². The van der Waals surface area contributed by atoms with Gasteiger partial charge in [-0.15, -0.1) is 0 Å². The van der Waals surface area contributed by atoms with Gasteiger partial charge in [-0.05, 0) is 26.0 Å². The highest BCUT2D eigenvalue weighted by atomic mass is 16.5. The minimum atomic E-state index is -0.300. The third-order valence-corrected chi connectivity index (χ3v) is 4.07. The maximum atomic E-state index is 6.08. The predicted molar refractivity (Wildman–Crippen MR) is 83.6 cm³/mol. The van der Waals surface area contributed by atoms with E-state index in [1.165, 1.54) is 5.56 Å². The lowest BCUT2D eigenvalue weighted by Gasteiger charge is -2.28. The second-order valence-electron chi connectivity index (χ2n) is 5.96. The summed E-state index contributed by atoms with van der Waals surface area (Å²) in [6.45, 7) is 4.22. The lowest BCUT2D eigenvalue weighted by molar-refractivity contribution is 0.118. The van der Waals surface area contributed by atoms with Gasteiger partial charge < -0.3 is 10.1 Å². The Morgan fingerprint density at radius 1 is 1.14 bits per heavy atom. The number of ether oxygens (including phenoxy) is 1. The van der Waals surface area contributed by atoms with Gasteiger partial charge in [0, 0.05) is 10.9 Å². The van der Waals surface area contributed by atoms with Gasteiger partial charge in [0.2, 0.25) is 0 Å². The minimum absolute atomic E-state index is 0.0996. The van der Waals surface area contributed by atoms with Gasteiger partial charge in [-0.3, -0.25) is 5.10 Å². The molecule has 3 aromatic rings. The van der Waals surface area contributed by atoms with Crippen molar-refractivity contribution < 1.29 is 4.74 Å². The first kappa shape index (κ1) is 12.3. The van der Waals surface area contributed by atoms with Crippen LogP contribution in [0.25, 0.3) is 10.9 Å². The van der Waals surface area contributed by atoms with Crippen molar-refractivity contribution in [3.05, 3.63) is 54.2 Å². The van der Waals surface area contributed by atoms with Crippen molar-refractivity contribution in [2.24, 2.45) is 0 Å². The number of hydrogen-bond donors (Lipinski definition) is 2. The summed E-state index contributed by atoms with van der Waals surface area (Å²) in [5.41, 5.74) is 2.96. The minimum Gasteiger partial charge on any atom is -0.485 e. The molecule has 2 aromatic carbocycles. The molecule has 1 aromatic heterocycles. The van der Waals surface area contributed by atoms with Crippen LogP contribution in [0.3, 0.4) is 0 Å². The molecule has 0 saturated carbocycles. The first-order valence-corrected chi connectivity index (χ1v) is 7.12. The number of anilines is 1. The Balaban J connectivity index is 1.78. The van der Waals surface area contributed by atoms with Crippen LogP contribution in [0.5, 0.6) is 5.75 Å². The molecule has 4 heteroatoms. The number of benzene rings is 2. The molecule has 2 N–H and O–H groups in total. The van der Waals surface area contributed by atoms with Crippen LogP contribution in [0.15, 0.2) is 48.7 Å². The van der Waals surface area contributed by atoms with Crippen molar-refractivity contribution in [1.29, 1.82) is 0 Å². The standard InChI is InChI=1S/C17H17N3O/c1-17(2)16(12-7-3-4-9-14(12)21-17)19-13-8-5-6-11-10-18-20-15(11)13/h3-10,16,19H,1-2H3,(H,18,20). The zero-order valence-corrected chi connectivity index (χ0v) is 12.1. The van der Waals surface area contributed by atoms with Gasteiger partial charge in [0.1, 0.15) is 11.4 Å². The first-order chi connectivity index (χ1) is 10.1. The van der Waals surface area contributed by atoms with Crippen LogP contribution in [0, 0.1) is 0 Å². The molecule has 21 heavy (non-hydrogen) atoms. The van der Waals surface area contributed by atoms with Gasteiger partial charge in [0.05, 0.1) is 23.4 Å². The monoisotopic (exact) mass is 279 g/mol. The highest BCUT2D eigenvalue weighted by Crippen LogP contribution is 2.44. The van der Waals surface area contributed by atoms with Crippen LogP contribution in [0.2, 0.25) is 0 Å². The van der Waals surface area contributed by atoms with E-state index in [0.717, 1.165) is 22.3 Å². The molecule has 4 nitrogen and oxygen atoms in total. The Morgan fingerprint density at radius 2 is 2.00 bits per heavy atom. The average Bonchev–Trinajstić information content (AvgIpc) is 3.02. The van der Waals surface area contributed by atoms with Crippen LogP contribution in [0.4, 0.5) is 5.69 Å². The fraction of sp³-hybridized carbons (Fsp3) is 0.235. The Kier molecular flexibility index (Phi) is 2.48.